The summed E-state index contributed by atoms with van der Waals surface area (Å²) in [7, 11) is 0. The summed E-state index contributed by atoms with van der Waals surface area (Å²) in [6.45, 7) is 2.16. The van der Waals surface area contributed by atoms with Gasteiger partial charge in [0.05, 0.1) is 0 Å². The van der Waals surface area contributed by atoms with Crippen LogP contribution in [0.15, 0.2) is 42.5 Å². The summed E-state index contributed by atoms with van der Waals surface area (Å²) in [4.78, 5) is 0. The lowest BCUT2D eigenvalue weighted by Crippen LogP contribution is -2.00. The van der Waals surface area contributed by atoms with Crippen LogP contribution >= 0.6 is 0 Å². The number of aryl methyl sites for hydroxylation is 1. The zero-order valence-corrected chi connectivity index (χ0v) is 10.5. The third-order valence-corrected chi connectivity index (χ3v) is 2.90. The van der Waals surface area contributed by atoms with E-state index in [9.17, 15) is 13.2 Å². The first kappa shape index (κ1) is 13.5. The van der Waals surface area contributed by atoms with Gasteiger partial charge in [-0.15, -0.1) is 0 Å². The van der Waals surface area contributed by atoms with Crippen LogP contribution < -0.4 is 5.32 Å². The van der Waals surface area contributed by atoms with E-state index in [0.29, 0.717) is 17.8 Å². The molecular formula is C15H14F3N. The highest BCUT2D eigenvalue weighted by molar-refractivity contribution is 5.45. The first-order chi connectivity index (χ1) is 9.06. The second-order valence-electron chi connectivity index (χ2n) is 4.36. The molecule has 0 aliphatic heterocycles. The molecule has 2 aromatic rings. The fourth-order valence-electron chi connectivity index (χ4n) is 1.69. The van der Waals surface area contributed by atoms with Crippen LogP contribution in [0.1, 0.15) is 23.1 Å². The van der Waals surface area contributed by atoms with Gasteiger partial charge in [-0.05, 0) is 30.2 Å². The molecule has 0 saturated carbocycles. The molecule has 0 unspecified atom stereocenters. The summed E-state index contributed by atoms with van der Waals surface area (Å²) in [6.07, 6.45) is -2.45. The molecule has 0 heterocycles. The molecule has 4 heteroatoms. The number of halogens is 3. The second kappa shape index (κ2) is 5.78. The molecule has 0 fully saturated rings. The fraction of sp³-hybridized carbons (Fsp3) is 0.200. The Morgan fingerprint density at radius 2 is 1.74 bits per heavy atom. The third-order valence-electron chi connectivity index (χ3n) is 2.90. The number of hydrogen-bond acceptors (Lipinski definition) is 1. The monoisotopic (exact) mass is 265 g/mol. The largest absolute Gasteiger partial charge is 0.381 e. The standard InChI is InChI=1S/C15H14F3N/c1-10-2-7-13(8-14(10)16)19-9-11-3-5-12(6-4-11)15(17)18/h2-8,15,19H,9H2,1H3. The first-order valence-electron chi connectivity index (χ1n) is 5.93. The van der Waals surface area contributed by atoms with Crippen molar-refractivity contribution in [2.45, 2.75) is 19.9 Å². The van der Waals surface area contributed by atoms with Gasteiger partial charge >= 0.3 is 0 Å². The quantitative estimate of drug-likeness (QED) is 0.846. The van der Waals surface area contributed by atoms with Crippen molar-refractivity contribution in [3.63, 3.8) is 0 Å². The molecule has 19 heavy (non-hydrogen) atoms. The minimum absolute atomic E-state index is 0.00475. The molecule has 2 rings (SSSR count). The maximum absolute atomic E-state index is 13.3. The maximum atomic E-state index is 13.3. The highest BCUT2D eigenvalue weighted by Crippen LogP contribution is 2.19. The van der Waals surface area contributed by atoms with Crippen LogP contribution in [0.5, 0.6) is 0 Å². The van der Waals surface area contributed by atoms with Crippen molar-refractivity contribution in [1.82, 2.24) is 0 Å². The van der Waals surface area contributed by atoms with E-state index in [4.69, 9.17) is 0 Å². The van der Waals surface area contributed by atoms with Gasteiger partial charge in [0.2, 0.25) is 0 Å². The topological polar surface area (TPSA) is 12.0 Å². The number of rotatable bonds is 4. The van der Waals surface area contributed by atoms with Crippen LogP contribution in [0, 0.1) is 12.7 Å². The molecule has 0 atom stereocenters. The van der Waals surface area contributed by atoms with Crippen LogP contribution in [0.2, 0.25) is 0 Å². The van der Waals surface area contributed by atoms with Gasteiger partial charge < -0.3 is 5.32 Å². The summed E-state index contributed by atoms with van der Waals surface area (Å²) in [5.41, 5.74) is 2.13. The van der Waals surface area contributed by atoms with E-state index in [1.165, 1.54) is 18.2 Å². The molecule has 1 nitrogen and oxygen atoms in total. The van der Waals surface area contributed by atoms with Crippen molar-refractivity contribution in [2.75, 3.05) is 5.32 Å². The second-order valence-corrected chi connectivity index (χ2v) is 4.36. The Hall–Kier alpha value is -1.97. The van der Waals surface area contributed by atoms with Gasteiger partial charge in [0.1, 0.15) is 5.82 Å². The number of anilines is 1. The number of hydrogen-bond donors (Lipinski definition) is 1. The summed E-state index contributed by atoms with van der Waals surface area (Å²) < 4.78 is 38.1. The van der Waals surface area contributed by atoms with Crippen molar-refractivity contribution in [3.8, 4) is 0 Å². The lowest BCUT2D eigenvalue weighted by Gasteiger charge is -2.08. The molecule has 0 spiro atoms. The predicted molar refractivity (Wildman–Crippen MR) is 69.9 cm³/mol. The van der Waals surface area contributed by atoms with Gasteiger partial charge in [0, 0.05) is 17.8 Å². The molecule has 0 amide bonds. The van der Waals surface area contributed by atoms with Gasteiger partial charge in [-0.3, -0.25) is 0 Å². The number of benzene rings is 2. The Balaban J connectivity index is 2.00. The van der Waals surface area contributed by atoms with Crippen molar-refractivity contribution >= 4 is 5.69 Å². The minimum Gasteiger partial charge on any atom is -0.381 e. The van der Waals surface area contributed by atoms with Crippen molar-refractivity contribution < 1.29 is 13.2 Å². The Bertz CT molecular complexity index is 550. The summed E-state index contributed by atoms with van der Waals surface area (Å²) >= 11 is 0. The van der Waals surface area contributed by atoms with Crippen molar-refractivity contribution in [3.05, 3.63) is 65.0 Å². The maximum Gasteiger partial charge on any atom is 0.263 e. The Morgan fingerprint density at radius 1 is 1.05 bits per heavy atom. The minimum atomic E-state index is -2.45. The van der Waals surface area contributed by atoms with E-state index in [2.05, 4.69) is 5.32 Å². The Morgan fingerprint density at radius 3 is 2.32 bits per heavy atom. The molecule has 100 valence electrons. The van der Waals surface area contributed by atoms with E-state index in [1.807, 2.05) is 0 Å². The Labute approximate surface area is 110 Å². The molecule has 0 radical (unpaired) electrons. The lowest BCUT2D eigenvalue weighted by molar-refractivity contribution is 0.151. The molecule has 2 aromatic carbocycles. The fourth-order valence-corrected chi connectivity index (χ4v) is 1.69. The van der Waals surface area contributed by atoms with Crippen LogP contribution in [0.25, 0.3) is 0 Å². The van der Waals surface area contributed by atoms with Gasteiger partial charge in [0.15, 0.2) is 0 Å². The summed E-state index contributed by atoms with van der Waals surface area (Å²) in [5.74, 6) is -0.266. The smallest absolute Gasteiger partial charge is 0.263 e. The van der Waals surface area contributed by atoms with Crippen LogP contribution in [0.3, 0.4) is 0 Å². The molecule has 0 saturated heterocycles. The molecule has 0 aromatic heterocycles. The van der Waals surface area contributed by atoms with E-state index < -0.39 is 6.43 Å². The average Bonchev–Trinajstić information content (AvgIpc) is 2.40. The lowest BCUT2D eigenvalue weighted by atomic mass is 10.1. The van der Waals surface area contributed by atoms with E-state index in [-0.39, 0.29) is 11.4 Å². The third kappa shape index (κ3) is 3.50. The van der Waals surface area contributed by atoms with Gasteiger partial charge in [0.25, 0.3) is 6.43 Å². The SMILES string of the molecule is Cc1ccc(NCc2ccc(C(F)F)cc2)cc1F. The van der Waals surface area contributed by atoms with Gasteiger partial charge in [-0.25, -0.2) is 13.2 Å². The van der Waals surface area contributed by atoms with Gasteiger partial charge in [-0.1, -0.05) is 30.3 Å². The molecule has 1 N–H and O–H groups in total. The normalized spacial score (nSPS) is 10.8. The molecule has 0 aliphatic rings. The summed E-state index contributed by atoms with van der Waals surface area (Å²) in [5, 5.41) is 3.05. The molecular weight excluding hydrogens is 251 g/mol. The van der Waals surface area contributed by atoms with Crippen LogP contribution in [-0.2, 0) is 6.54 Å². The zero-order valence-electron chi connectivity index (χ0n) is 10.5. The van der Waals surface area contributed by atoms with E-state index >= 15 is 0 Å². The molecule has 0 aliphatic carbocycles. The predicted octanol–water partition coefficient (Wildman–Crippen LogP) is 4.68. The molecule has 0 bridgehead atoms. The van der Waals surface area contributed by atoms with Crippen molar-refractivity contribution in [2.24, 2.45) is 0 Å². The highest BCUT2D eigenvalue weighted by atomic mass is 19.3. The van der Waals surface area contributed by atoms with Crippen LogP contribution in [-0.4, -0.2) is 0 Å². The van der Waals surface area contributed by atoms with Gasteiger partial charge in [-0.2, -0.15) is 0 Å². The van der Waals surface area contributed by atoms with Crippen molar-refractivity contribution in [1.29, 1.82) is 0 Å². The summed E-state index contributed by atoms with van der Waals surface area (Å²) in [6, 6.07) is 11.0. The zero-order chi connectivity index (χ0) is 13.8. The van der Waals surface area contributed by atoms with Crippen LogP contribution in [0.4, 0.5) is 18.9 Å². The Kier molecular flexibility index (Phi) is 4.10. The highest BCUT2D eigenvalue weighted by Gasteiger charge is 2.05. The first-order valence-corrected chi connectivity index (χ1v) is 5.93. The average molecular weight is 265 g/mol. The van der Waals surface area contributed by atoms with E-state index in [1.54, 1.807) is 31.2 Å². The van der Waals surface area contributed by atoms with E-state index in [0.717, 1.165) is 5.56 Å². The number of alkyl halides is 2. The number of nitrogens with one attached hydrogen (secondary N) is 1.